The van der Waals surface area contributed by atoms with E-state index < -0.39 is 0 Å². The van der Waals surface area contributed by atoms with Crippen molar-refractivity contribution in [2.75, 3.05) is 13.1 Å². The minimum atomic E-state index is 0. The van der Waals surface area contributed by atoms with Gasteiger partial charge in [-0.2, -0.15) is 0 Å². The number of halogens is 1. The van der Waals surface area contributed by atoms with Crippen LogP contribution in [0.15, 0.2) is 33.7 Å². The summed E-state index contributed by atoms with van der Waals surface area (Å²) < 4.78 is 5.95. The molecule has 0 aliphatic heterocycles. The fraction of sp³-hybridized carbons (Fsp3) is 0.400. The lowest BCUT2D eigenvalue weighted by Crippen LogP contribution is -2.38. The van der Waals surface area contributed by atoms with E-state index in [9.17, 15) is 0 Å². The summed E-state index contributed by atoms with van der Waals surface area (Å²) in [6.45, 7) is 10.5. The molecular weight excluding hydrogens is 471 g/mol. The van der Waals surface area contributed by atoms with Gasteiger partial charge in [-0.1, -0.05) is 18.2 Å². The number of fused-ring (bicyclic) bond motifs is 1. The van der Waals surface area contributed by atoms with E-state index in [0.717, 1.165) is 58.5 Å². The third-order valence-electron chi connectivity index (χ3n) is 4.31. The first-order valence-electron chi connectivity index (χ1n) is 9.00. The first-order valence-corrected chi connectivity index (χ1v) is 9.82. The molecule has 146 valence electrons. The minimum Gasteiger partial charge on any atom is -0.459 e. The summed E-state index contributed by atoms with van der Waals surface area (Å²) in [6.07, 6.45) is 0.950. The van der Waals surface area contributed by atoms with Crippen LogP contribution in [0, 0.1) is 20.8 Å². The van der Waals surface area contributed by atoms with Crippen LogP contribution in [-0.4, -0.2) is 24.0 Å². The highest BCUT2D eigenvalue weighted by Crippen LogP contribution is 2.25. The third-order valence-corrected chi connectivity index (χ3v) is 5.44. The Balaban J connectivity index is 0.00000261. The van der Waals surface area contributed by atoms with E-state index in [0.29, 0.717) is 6.54 Å². The lowest BCUT2D eigenvalue weighted by Gasteiger charge is -2.10. The van der Waals surface area contributed by atoms with E-state index in [2.05, 4.69) is 54.4 Å². The van der Waals surface area contributed by atoms with Crippen molar-refractivity contribution in [3.05, 3.63) is 51.2 Å². The van der Waals surface area contributed by atoms with Gasteiger partial charge >= 0.3 is 0 Å². The van der Waals surface area contributed by atoms with E-state index in [1.54, 1.807) is 11.3 Å². The number of hydrogen-bond donors (Lipinski definition) is 2. The average molecular weight is 498 g/mol. The van der Waals surface area contributed by atoms with Crippen molar-refractivity contribution in [3.8, 4) is 0 Å². The van der Waals surface area contributed by atoms with Crippen LogP contribution in [0.2, 0.25) is 0 Å². The average Bonchev–Trinajstić information content (AvgIpc) is 3.12. The van der Waals surface area contributed by atoms with Crippen molar-refractivity contribution in [3.63, 3.8) is 0 Å². The van der Waals surface area contributed by atoms with Crippen LogP contribution in [0.4, 0.5) is 0 Å². The van der Waals surface area contributed by atoms with Crippen LogP contribution in [-0.2, 0) is 13.0 Å². The molecule has 0 atom stereocenters. The second-order valence-electron chi connectivity index (χ2n) is 6.26. The van der Waals surface area contributed by atoms with E-state index in [1.807, 2.05) is 18.2 Å². The maximum Gasteiger partial charge on any atom is 0.191 e. The van der Waals surface area contributed by atoms with Crippen LogP contribution in [0.25, 0.3) is 11.0 Å². The number of guanidine groups is 1. The quantitative estimate of drug-likeness (QED) is 0.293. The number of thiazole rings is 1. The lowest BCUT2D eigenvalue weighted by molar-refractivity contribution is 0.548. The summed E-state index contributed by atoms with van der Waals surface area (Å²) >= 11 is 1.77. The number of nitrogens with zero attached hydrogens (tertiary/aromatic N) is 2. The van der Waals surface area contributed by atoms with Gasteiger partial charge in [-0.05, 0) is 33.8 Å². The number of hydrogen-bond acceptors (Lipinski definition) is 4. The van der Waals surface area contributed by atoms with E-state index in [4.69, 9.17) is 4.42 Å². The zero-order valence-corrected chi connectivity index (χ0v) is 19.4. The van der Waals surface area contributed by atoms with Crippen molar-refractivity contribution in [2.45, 2.75) is 40.7 Å². The monoisotopic (exact) mass is 498 g/mol. The second kappa shape index (κ2) is 10.1. The molecule has 3 aromatic rings. The Labute approximate surface area is 181 Å². The first-order chi connectivity index (χ1) is 12.6. The van der Waals surface area contributed by atoms with Gasteiger partial charge in [-0.3, -0.25) is 0 Å². The van der Waals surface area contributed by atoms with Crippen molar-refractivity contribution in [2.24, 2.45) is 4.99 Å². The van der Waals surface area contributed by atoms with Crippen molar-refractivity contribution >= 4 is 52.2 Å². The van der Waals surface area contributed by atoms with Crippen molar-refractivity contribution in [1.29, 1.82) is 0 Å². The van der Waals surface area contributed by atoms with Crippen LogP contribution >= 0.6 is 35.3 Å². The maximum absolute atomic E-state index is 5.95. The Bertz CT molecular complexity index is 916. The Hall–Kier alpha value is -1.61. The number of benzene rings is 1. The third kappa shape index (κ3) is 5.44. The molecule has 2 N–H and O–H groups in total. The molecule has 2 heterocycles. The summed E-state index contributed by atoms with van der Waals surface area (Å²) in [6, 6.07) is 8.11. The van der Waals surface area contributed by atoms with Crippen LogP contribution in [0.3, 0.4) is 0 Å². The number of nitrogens with one attached hydrogen (secondary N) is 2. The van der Waals surface area contributed by atoms with Gasteiger partial charge < -0.3 is 15.1 Å². The normalized spacial score (nSPS) is 11.5. The molecule has 0 amide bonds. The Morgan fingerprint density at radius 3 is 2.63 bits per heavy atom. The smallest absolute Gasteiger partial charge is 0.191 e. The molecule has 27 heavy (non-hydrogen) atoms. The molecule has 2 aromatic heterocycles. The molecule has 0 spiro atoms. The van der Waals surface area contributed by atoms with Gasteiger partial charge in [0.05, 0.1) is 10.7 Å². The largest absolute Gasteiger partial charge is 0.459 e. The Morgan fingerprint density at radius 2 is 1.96 bits per heavy atom. The second-order valence-corrected chi connectivity index (χ2v) is 7.55. The number of furan rings is 1. The fourth-order valence-corrected chi connectivity index (χ4v) is 3.90. The number of aryl methyl sites for hydroxylation is 3. The molecule has 7 heteroatoms. The van der Waals surface area contributed by atoms with Crippen LogP contribution in [0.5, 0.6) is 0 Å². The van der Waals surface area contributed by atoms with Gasteiger partial charge in [-0.25, -0.2) is 9.98 Å². The maximum atomic E-state index is 5.95. The van der Waals surface area contributed by atoms with Gasteiger partial charge in [0.1, 0.15) is 17.9 Å². The molecule has 0 radical (unpaired) electrons. The van der Waals surface area contributed by atoms with Gasteiger partial charge in [0.25, 0.3) is 0 Å². The predicted octanol–water partition coefficient (Wildman–Crippen LogP) is 4.73. The molecule has 0 fully saturated rings. The van der Waals surface area contributed by atoms with E-state index >= 15 is 0 Å². The minimum absolute atomic E-state index is 0. The zero-order chi connectivity index (χ0) is 18.5. The fourth-order valence-electron chi connectivity index (χ4n) is 2.97. The van der Waals surface area contributed by atoms with Gasteiger partial charge in [0, 0.05) is 35.3 Å². The van der Waals surface area contributed by atoms with Gasteiger partial charge in [-0.15, -0.1) is 35.3 Å². The number of aliphatic imine (C=N–C) groups is 1. The van der Waals surface area contributed by atoms with Crippen molar-refractivity contribution in [1.82, 2.24) is 15.6 Å². The molecule has 5 nitrogen and oxygen atoms in total. The molecule has 0 bridgehead atoms. The molecule has 0 saturated heterocycles. The highest BCUT2D eigenvalue weighted by Gasteiger charge is 2.10. The summed E-state index contributed by atoms with van der Waals surface area (Å²) in [5.74, 6) is 1.73. The lowest BCUT2D eigenvalue weighted by atomic mass is 10.1. The van der Waals surface area contributed by atoms with E-state index in [1.165, 1.54) is 4.88 Å². The summed E-state index contributed by atoms with van der Waals surface area (Å²) in [7, 11) is 0. The molecule has 0 saturated carbocycles. The predicted molar refractivity (Wildman–Crippen MR) is 124 cm³/mol. The SMILES string of the molecule is CCNC(=NCc1oc2ccccc2c1C)NCCc1sc(C)nc1C.I. The molecule has 1 aromatic carbocycles. The molecule has 0 aliphatic carbocycles. The zero-order valence-electron chi connectivity index (χ0n) is 16.3. The Kier molecular flexibility index (Phi) is 8.09. The molecule has 3 rings (SSSR count). The Morgan fingerprint density at radius 1 is 1.19 bits per heavy atom. The molecule has 0 unspecified atom stereocenters. The first kappa shape index (κ1) is 21.7. The van der Waals surface area contributed by atoms with Crippen molar-refractivity contribution < 1.29 is 4.42 Å². The molecule has 0 aliphatic rings. The van der Waals surface area contributed by atoms with Gasteiger partial charge in [0.15, 0.2) is 5.96 Å². The standard InChI is InChI=1S/C20H26N4OS.HI/c1-5-21-20(22-11-10-19-14(3)24-15(4)26-19)23-12-18-13(2)16-8-6-7-9-17(16)25-18;/h6-9H,5,10-12H2,1-4H3,(H2,21,22,23);1H. The van der Waals surface area contributed by atoms with Crippen LogP contribution in [0.1, 0.15) is 33.8 Å². The summed E-state index contributed by atoms with van der Waals surface area (Å²) in [4.78, 5) is 10.5. The summed E-state index contributed by atoms with van der Waals surface area (Å²) in [5, 5.41) is 8.98. The number of aromatic nitrogens is 1. The number of para-hydroxylation sites is 1. The number of rotatable bonds is 6. The highest BCUT2D eigenvalue weighted by atomic mass is 127. The highest BCUT2D eigenvalue weighted by molar-refractivity contribution is 14.0. The van der Waals surface area contributed by atoms with Gasteiger partial charge in [0.2, 0.25) is 0 Å². The molecular formula is C20H27IN4OS. The van der Waals surface area contributed by atoms with E-state index in [-0.39, 0.29) is 24.0 Å². The summed E-state index contributed by atoms with van der Waals surface area (Å²) in [5.41, 5.74) is 3.22. The van der Waals surface area contributed by atoms with Crippen LogP contribution < -0.4 is 10.6 Å². The topological polar surface area (TPSA) is 62.5 Å².